The van der Waals surface area contributed by atoms with Gasteiger partial charge in [-0.15, -0.1) is 4.40 Å². The minimum Gasteiger partial charge on any atom is -0.356 e. The maximum absolute atomic E-state index is 12.4. The van der Waals surface area contributed by atoms with Crippen molar-refractivity contribution in [2.24, 2.45) is 4.40 Å². The second kappa shape index (κ2) is 5.30. The summed E-state index contributed by atoms with van der Waals surface area (Å²) in [7, 11) is -3.57. The number of likely N-dealkylation sites (tertiary alicyclic amines) is 1. The minimum atomic E-state index is -3.57. The molecule has 2 aliphatic rings. The zero-order valence-corrected chi connectivity index (χ0v) is 13.3. The van der Waals surface area contributed by atoms with Gasteiger partial charge in [0.15, 0.2) is 0 Å². The van der Waals surface area contributed by atoms with Gasteiger partial charge in [0.25, 0.3) is 10.0 Å². The van der Waals surface area contributed by atoms with E-state index >= 15 is 0 Å². The van der Waals surface area contributed by atoms with Crippen molar-refractivity contribution < 1.29 is 8.42 Å². The maximum Gasteiger partial charge on any atom is 0.285 e. The van der Waals surface area contributed by atoms with Gasteiger partial charge in [0.1, 0.15) is 10.7 Å². The van der Waals surface area contributed by atoms with Crippen molar-refractivity contribution in [3.05, 3.63) is 41.0 Å². The van der Waals surface area contributed by atoms with Crippen LogP contribution in [0.25, 0.3) is 4.91 Å². The van der Waals surface area contributed by atoms with Crippen LogP contribution >= 0.6 is 0 Å². The lowest BCUT2D eigenvalue weighted by Gasteiger charge is -2.28. The Labute approximate surface area is 126 Å². The smallest absolute Gasteiger partial charge is 0.285 e. The van der Waals surface area contributed by atoms with Gasteiger partial charge in [0.05, 0.1) is 0 Å². The molecule has 0 spiro atoms. The van der Waals surface area contributed by atoms with E-state index in [0.717, 1.165) is 42.6 Å². The highest BCUT2D eigenvalue weighted by atomic mass is 32.2. The monoisotopic (exact) mass is 304 g/mol. The number of amidine groups is 1. The number of benzene rings is 1. The summed E-state index contributed by atoms with van der Waals surface area (Å²) in [6.07, 6.45) is 3.42. The number of piperidine rings is 1. The first kappa shape index (κ1) is 14.3. The number of nitrogens with zero attached hydrogens (tertiary/aromatic N) is 2. The largest absolute Gasteiger partial charge is 0.356 e. The molecular formula is C16H20N2O2S. The predicted molar refractivity (Wildman–Crippen MR) is 85.6 cm³/mol. The summed E-state index contributed by atoms with van der Waals surface area (Å²) in [6, 6.07) is 7.59. The molecule has 0 aliphatic carbocycles. The van der Waals surface area contributed by atoms with E-state index in [4.69, 9.17) is 0 Å². The SMILES string of the molecule is CC1=C(c2ccc(C)cc2)S(=O)(=O)N=C1N1CCCCC1. The summed E-state index contributed by atoms with van der Waals surface area (Å²) in [6.45, 7) is 5.65. The van der Waals surface area contributed by atoms with E-state index in [-0.39, 0.29) is 0 Å². The highest BCUT2D eigenvalue weighted by molar-refractivity contribution is 8.00. The van der Waals surface area contributed by atoms with E-state index in [0.29, 0.717) is 10.7 Å². The molecule has 0 saturated carbocycles. The van der Waals surface area contributed by atoms with Crippen LogP contribution in [0.15, 0.2) is 34.2 Å². The van der Waals surface area contributed by atoms with Crippen molar-refractivity contribution in [2.75, 3.05) is 13.1 Å². The van der Waals surface area contributed by atoms with Gasteiger partial charge in [0.2, 0.25) is 0 Å². The van der Waals surface area contributed by atoms with Crippen molar-refractivity contribution in [2.45, 2.75) is 33.1 Å². The van der Waals surface area contributed by atoms with E-state index < -0.39 is 10.0 Å². The van der Waals surface area contributed by atoms with Crippen LogP contribution in [-0.4, -0.2) is 32.2 Å². The molecule has 5 heteroatoms. The predicted octanol–water partition coefficient (Wildman–Crippen LogP) is 2.95. The average Bonchev–Trinajstić information content (AvgIpc) is 2.71. The quantitative estimate of drug-likeness (QED) is 0.801. The molecule has 1 fully saturated rings. The van der Waals surface area contributed by atoms with Crippen LogP contribution in [0.4, 0.5) is 0 Å². The maximum atomic E-state index is 12.4. The Kier molecular flexibility index (Phi) is 3.61. The first-order chi connectivity index (χ1) is 9.99. The summed E-state index contributed by atoms with van der Waals surface area (Å²) in [5.74, 6) is 0.644. The standard InChI is InChI=1S/C16H20N2O2S/c1-12-6-8-14(9-7-12)15-13(2)16(17-21(15,19)20)18-10-4-3-5-11-18/h6-9H,3-5,10-11H2,1-2H3. The molecule has 0 unspecified atom stereocenters. The average molecular weight is 304 g/mol. The van der Waals surface area contributed by atoms with Crippen LogP contribution in [0.1, 0.15) is 37.3 Å². The van der Waals surface area contributed by atoms with Gasteiger partial charge in [-0.3, -0.25) is 0 Å². The second-order valence-corrected chi connectivity index (χ2v) is 7.30. The molecule has 0 N–H and O–H groups in total. The molecule has 2 aliphatic heterocycles. The first-order valence-electron chi connectivity index (χ1n) is 7.37. The van der Waals surface area contributed by atoms with Gasteiger partial charge in [-0.1, -0.05) is 29.8 Å². The Bertz CT molecular complexity index is 709. The second-order valence-electron chi connectivity index (χ2n) is 5.76. The van der Waals surface area contributed by atoms with E-state index in [1.165, 1.54) is 6.42 Å². The summed E-state index contributed by atoms with van der Waals surface area (Å²) in [5, 5.41) is 0. The highest BCUT2D eigenvalue weighted by Crippen LogP contribution is 2.34. The van der Waals surface area contributed by atoms with Crippen LogP contribution in [0.3, 0.4) is 0 Å². The van der Waals surface area contributed by atoms with Gasteiger partial charge in [0, 0.05) is 18.7 Å². The number of sulfonamides is 1. The molecule has 0 radical (unpaired) electrons. The molecule has 21 heavy (non-hydrogen) atoms. The first-order valence-corrected chi connectivity index (χ1v) is 8.81. The molecule has 0 amide bonds. The van der Waals surface area contributed by atoms with Gasteiger partial charge in [-0.05, 0) is 38.7 Å². The highest BCUT2D eigenvalue weighted by Gasteiger charge is 2.33. The zero-order chi connectivity index (χ0) is 15.0. The molecule has 0 atom stereocenters. The Balaban J connectivity index is 2.03. The van der Waals surface area contributed by atoms with Crippen LogP contribution in [0.5, 0.6) is 0 Å². The normalized spacial score (nSPS) is 21.6. The molecule has 1 saturated heterocycles. The van der Waals surface area contributed by atoms with Gasteiger partial charge >= 0.3 is 0 Å². The number of hydrogen-bond acceptors (Lipinski definition) is 3. The molecule has 1 aromatic rings. The molecule has 2 heterocycles. The fourth-order valence-corrected chi connectivity index (χ4v) is 4.48. The van der Waals surface area contributed by atoms with E-state index in [9.17, 15) is 8.42 Å². The van der Waals surface area contributed by atoms with Gasteiger partial charge in [-0.25, -0.2) is 0 Å². The molecule has 112 valence electrons. The Morgan fingerprint density at radius 2 is 1.62 bits per heavy atom. The molecule has 0 aromatic heterocycles. The summed E-state index contributed by atoms with van der Waals surface area (Å²) in [4.78, 5) is 2.47. The van der Waals surface area contributed by atoms with Crippen molar-refractivity contribution in [3.8, 4) is 0 Å². The third-order valence-corrected chi connectivity index (χ3v) is 5.58. The van der Waals surface area contributed by atoms with Crippen LogP contribution < -0.4 is 0 Å². The molecule has 0 bridgehead atoms. The molecular weight excluding hydrogens is 284 g/mol. The molecule has 1 aromatic carbocycles. The lowest BCUT2D eigenvalue weighted by atomic mass is 10.1. The Hall–Kier alpha value is -1.62. The molecule has 3 rings (SSSR count). The zero-order valence-electron chi connectivity index (χ0n) is 12.5. The Morgan fingerprint density at radius 1 is 1.00 bits per heavy atom. The lowest BCUT2D eigenvalue weighted by molar-refractivity contribution is 0.343. The topological polar surface area (TPSA) is 49.7 Å². The van der Waals surface area contributed by atoms with Crippen LogP contribution in [-0.2, 0) is 10.0 Å². The van der Waals surface area contributed by atoms with Gasteiger partial charge < -0.3 is 4.90 Å². The minimum absolute atomic E-state index is 0.364. The van der Waals surface area contributed by atoms with E-state index in [2.05, 4.69) is 9.30 Å². The van der Waals surface area contributed by atoms with Crippen LogP contribution in [0, 0.1) is 6.92 Å². The fraction of sp³-hybridized carbons (Fsp3) is 0.438. The summed E-state index contributed by atoms with van der Waals surface area (Å²) >= 11 is 0. The van der Waals surface area contributed by atoms with Crippen molar-refractivity contribution >= 4 is 20.8 Å². The third-order valence-electron chi connectivity index (χ3n) is 4.11. The Morgan fingerprint density at radius 3 is 2.24 bits per heavy atom. The van der Waals surface area contributed by atoms with Crippen molar-refractivity contribution in [3.63, 3.8) is 0 Å². The van der Waals surface area contributed by atoms with Crippen molar-refractivity contribution in [1.29, 1.82) is 0 Å². The summed E-state index contributed by atoms with van der Waals surface area (Å²) < 4.78 is 28.9. The lowest BCUT2D eigenvalue weighted by Crippen LogP contribution is -2.35. The van der Waals surface area contributed by atoms with Gasteiger partial charge in [-0.2, -0.15) is 8.42 Å². The number of hydrogen-bond donors (Lipinski definition) is 0. The number of aryl methyl sites for hydroxylation is 1. The van der Waals surface area contributed by atoms with E-state index in [1.807, 2.05) is 38.1 Å². The summed E-state index contributed by atoms with van der Waals surface area (Å²) in [5.41, 5.74) is 2.62. The number of rotatable bonds is 1. The fourth-order valence-electron chi connectivity index (χ4n) is 2.99. The third kappa shape index (κ3) is 2.62. The van der Waals surface area contributed by atoms with Crippen LogP contribution in [0.2, 0.25) is 0 Å². The van der Waals surface area contributed by atoms with E-state index in [1.54, 1.807) is 0 Å². The molecule has 4 nitrogen and oxygen atoms in total. The van der Waals surface area contributed by atoms with Crippen molar-refractivity contribution in [1.82, 2.24) is 4.90 Å².